The van der Waals surface area contributed by atoms with Gasteiger partial charge in [-0.3, -0.25) is 0 Å². The van der Waals surface area contributed by atoms with Gasteiger partial charge in [0.15, 0.2) is 9.84 Å². The van der Waals surface area contributed by atoms with Crippen LogP contribution in [0.1, 0.15) is 73.6 Å². The van der Waals surface area contributed by atoms with Gasteiger partial charge in [0.1, 0.15) is 22.3 Å². The second kappa shape index (κ2) is 15.5. The summed E-state index contributed by atoms with van der Waals surface area (Å²) in [6.45, 7) is 11.8. The minimum Gasteiger partial charge on any atom is -0.495 e. The van der Waals surface area contributed by atoms with E-state index in [-0.39, 0.29) is 5.92 Å². The van der Waals surface area contributed by atoms with E-state index in [0.717, 1.165) is 72.0 Å². The van der Waals surface area contributed by atoms with E-state index in [1.165, 1.54) is 28.9 Å². The average Bonchev–Trinajstić information content (AvgIpc) is 3.55. The van der Waals surface area contributed by atoms with Gasteiger partial charge in [0, 0.05) is 17.7 Å². The summed E-state index contributed by atoms with van der Waals surface area (Å²) in [4.78, 5) is 16.8. The molecule has 12 heteroatoms. The molecule has 5 aromatic rings. The van der Waals surface area contributed by atoms with Crippen molar-refractivity contribution in [2.45, 2.75) is 69.4 Å². The Balaban J connectivity index is 1.29. The Morgan fingerprint density at radius 3 is 2.43 bits per heavy atom. The molecule has 0 bridgehead atoms. The van der Waals surface area contributed by atoms with Gasteiger partial charge in [0.05, 0.1) is 39.8 Å². The van der Waals surface area contributed by atoms with E-state index in [1.54, 1.807) is 31.5 Å². The van der Waals surface area contributed by atoms with Crippen LogP contribution in [0.4, 0.5) is 20.4 Å². The highest BCUT2D eigenvalue weighted by atomic mass is 32.2. The Morgan fingerprint density at radius 1 is 1.02 bits per heavy atom. The number of methoxy groups -OCH3 is 1. The summed E-state index contributed by atoms with van der Waals surface area (Å²) in [5.74, 6) is -1.08. The van der Waals surface area contributed by atoms with Gasteiger partial charge in [-0.2, -0.15) is 0 Å². The minimum absolute atomic E-state index is 0.124. The number of benzene rings is 3. The van der Waals surface area contributed by atoms with Crippen LogP contribution in [0.15, 0.2) is 71.8 Å². The summed E-state index contributed by atoms with van der Waals surface area (Å²) < 4.78 is 61.0. The highest BCUT2D eigenvalue weighted by Crippen LogP contribution is 2.40. The van der Waals surface area contributed by atoms with Crippen LogP contribution in [0.5, 0.6) is 5.75 Å². The third kappa shape index (κ3) is 8.13. The first-order valence-corrected chi connectivity index (χ1v) is 19.7. The molecule has 0 atom stereocenters. The van der Waals surface area contributed by atoms with Crippen molar-refractivity contribution in [3.8, 4) is 27.6 Å². The summed E-state index contributed by atoms with van der Waals surface area (Å²) in [6, 6.07) is 16.0. The summed E-state index contributed by atoms with van der Waals surface area (Å²) in [5.41, 5.74) is 5.59. The van der Waals surface area contributed by atoms with Crippen LogP contribution in [0, 0.1) is 18.6 Å². The maximum Gasteiger partial charge on any atom is 0.227 e. The lowest BCUT2D eigenvalue weighted by atomic mass is 9.86. The first-order valence-electron chi connectivity index (χ1n) is 17.3. The number of piperidine rings is 1. The summed E-state index contributed by atoms with van der Waals surface area (Å²) in [5, 5.41) is 4.26. The van der Waals surface area contributed by atoms with E-state index in [4.69, 9.17) is 14.7 Å². The molecule has 0 amide bonds. The van der Waals surface area contributed by atoms with Crippen molar-refractivity contribution >= 4 is 32.8 Å². The third-order valence-electron chi connectivity index (χ3n) is 9.21. The van der Waals surface area contributed by atoms with Crippen molar-refractivity contribution in [3.05, 3.63) is 100 Å². The molecule has 0 unspecified atom stereocenters. The number of rotatable bonds is 12. The molecule has 3 heterocycles. The van der Waals surface area contributed by atoms with Crippen molar-refractivity contribution < 1.29 is 21.9 Å². The Labute approximate surface area is 302 Å². The van der Waals surface area contributed by atoms with Crippen molar-refractivity contribution in [2.75, 3.05) is 32.1 Å². The SMILES string of the molecule is CCCN1CCC(c2cc(OC)c(Nc3nccc(-c4sc(C(C)C)nc4-c4cccc(CS(=O)(=O)c5c(F)cccc5F)c4)n3)cc2C)CC1. The first kappa shape index (κ1) is 36.5. The number of anilines is 2. The number of nitrogens with zero attached hydrogens (tertiary/aromatic N) is 4. The van der Waals surface area contributed by atoms with Gasteiger partial charge < -0.3 is 15.0 Å². The summed E-state index contributed by atoms with van der Waals surface area (Å²) in [6.07, 6.45) is 5.11. The smallest absolute Gasteiger partial charge is 0.227 e. The lowest BCUT2D eigenvalue weighted by molar-refractivity contribution is 0.212. The molecule has 8 nitrogen and oxygen atoms in total. The number of ether oxygens (including phenoxy) is 1. The van der Waals surface area contributed by atoms with E-state index < -0.39 is 32.1 Å². The molecule has 1 N–H and O–H groups in total. The van der Waals surface area contributed by atoms with Crippen LogP contribution >= 0.6 is 11.3 Å². The standard InChI is InChI=1S/C39H43F2N5O3S2/c1-6-17-46-18-14-27(15-19-46)29-22-34(49-5)33(20-25(29)4)44-39-42-16-13-32(43-39)36-35(45-38(50-36)24(2)3)28-10-7-9-26(21-28)23-51(47,48)37-30(40)11-8-12-31(37)41/h7-13,16,20-22,24,27H,6,14-15,17-19,23H2,1-5H3,(H,42,43,44). The second-order valence-electron chi connectivity index (χ2n) is 13.3. The molecule has 0 aliphatic carbocycles. The summed E-state index contributed by atoms with van der Waals surface area (Å²) in [7, 11) is -2.64. The van der Waals surface area contributed by atoms with Gasteiger partial charge in [0.25, 0.3) is 0 Å². The highest BCUT2D eigenvalue weighted by Gasteiger charge is 2.26. The number of halogens is 2. The Hall–Kier alpha value is -4.26. The highest BCUT2D eigenvalue weighted by molar-refractivity contribution is 7.90. The topological polar surface area (TPSA) is 97.3 Å². The molecule has 2 aromatic heterocycles. The van der Waals surface area contributed by atoms with Gasteiger partial charge >= 0.3 is 0 Å². The molecule has 1 aliphatic heterocycles. The molecule has 6 rings (SSSR count). The predicted molar refractivity (Wildman–Crippen MR) is 200 cm³/mol. The Bertz CT molecular complexity index is 2110. The number of aromatic nitrogens is 3. The van der Waals surface area contributed by atoms with E-state index >= 15 is 0 Å². The van der Waals surface area contributed by atoms with Crippen molar-refractivity contribution in [1.29, 1.82) is 0 Å². The van der Waals surface area contributed by atoms with E-state index in [9.17, 15) is 17.2 Å². The van der Waals surface area contributed by atoms with Gasteiger partial charge in [-0.15, -0.1) is 11.3 Å². The van der Waals surface area contributed by atoms with Gasteiger partial charge in [-0.05, 0) is 105 Å². The lowest BCUT2D eigenvalue weighted by Crippen LogP contribution is -2.33. The number of nitrogens with one attached hydrogen (secondary N) is 1. The third-order valence-corrected chi connectivity index (χ3v) is 12.3. The Kier molecular flexibility index (Phi) is 11.1. The minimum atomic E-state index is -4.31. The number of sulfone groups is 1. The lowest BCUT2D eigenvalue weighted by Gasteiger charge is -2.33. The fourth-order valence-corrected chi connectivity index (χ4v) is 9.25. The monoisotopic (exact) mass is 731 g/mol. The van der Waals surface area contributed by atoms with Gasteiger partial charge in [0.2, 0.25) is 5.95 Å². The first-order chi connectivity index (χ1) is 24.5. The van der Waals surface area contributed by atoms with Gasteiger partial charge in [-0.1, -0.05) is 45.0 Å². The van der Waals surface area contributed by atoms with E-state index in [1.807, 2.05) is 12.1 Å². The molecule has 0 spiro atoms. The second-order valence-corrected chi connectivity index (χ2v) is 16.3. The average molecular weight is 732 g/mol. The van der Waals surface area contributed by atoms with E-state index in [0.29, 0.717) is 34.4 Å². The van der Waals surface area contributed by atoms with Crippen LogP contribution in [-0.4, -0.2) is 55.0 Å². The molecular formula is C39H43F2N5O3S2. The normalized spacial score (nSPS) is 14.3. The zero-order valence-corrected chi connectivity index (χ0v) is 31.2. The number of likely N-dealkylation sites (tertiary alicyclic amines) is 1. The molecule has 1 aliphatic rings. The van der Waals surface area contributed by atoms with Crippen molar-refractivity contribution in [3.63, 3.8) is 0 Å². The molecule has 1 saturated heterocycles. The molecule has 3 aromatic carbocycles. The van der Waals surface area contributed by atoms with Crippen LogP contribution in [0.3, 0.4) is 0 Å². The van der Waals surface area contributed by atoms with Crippen LogP contribution < -0.4 is 10.1 Å². The van der Waals surface area contributed by atoms with Crippen molar-refractivity contribution in [1.82, 2.24) is 19.9 Å². The number of aryl methyl sites for hydroxylation is 1. The van der Waals surface area contributed by atoms with E-state index in [2.05, 4.69) is 55.0 Å². The number of hydrogen-bond donors (Lipinski definition) is 1. The zero-order valence-electron chi connectivity index (χ0n) is 29.5. The van der Waals surface area contributed by atoms with Crippen LogP contribution in [-0.2, 0) is 15.6 Å². The molecule has 1 fully saturated rings. The molecule has 0 saturated carbocycles. The number of hydrogen-bond acceptors (Lipinski definition) is 9. The quantitative estimate of drug-likeness (QED) is 0.136. The fourth-order valence-electron chi connectivity index (χ4n) is 6.69. The maximum atomic E-state index is 14.4. The summed E-state index contributed by atoms with van der Waals surface area (Å²) >= 11 is 1.51. The fraction of sp³-hybridized carbons (Fsp3) is 0.359. The molecule has 0 radical (unpaired) electrons. The molecule has 268 valence electrons. The largest absolute Gasteiger partial charge is 0.495 e. The number of thiazole rings is 1. The van der Waals surface area contributed by atoms with Gasteiger partial charge in [-0.25, -0.2) is 32.2 Å². The van der Waals surface area contributed by atoms with Crippen LogP contribution in [0.25, 0.3) is 21.8 Å². The molecular weight excluding hydrogens is 689 g/mol. The molecule has 51 heavy (non-hydrogen) atoms. The van der Waals surface area contributed by atoms with Crippen LogP contribution in [0.2, 0.25) is 0 Å². The van der Waals surface area contributed by atoms with Crippen molar-refractivity contribution in [2.24, 2.45) is 0 Å². The Morgan fingerprint density at radius 2 is 1.75 bits per heavy atom. The zero-order chi connectivity index (χ0) is 36.3. The maximum absolute atomic E-state index is 14.4. The predicted octanol–water partition coefficient (Wildman–Crippen LogP) is 9.29.